The minimum absolute atomic E-state index is 0.0912. The van der Waals surface area contributed by atoms with Crippen molar-refractivity contribution in [2.24, 2.45) is 0 Å². The van der Waals surface area contributed by atoms with E-state index in [1.54, 1.807) is 6.08 Å². The van der Waals surface area contributed by atoms with Gasteiger partial charge >= 0.3 is 5.97 Å². The Balaban J connectivity index is 1.45. The number of rotatable bonds is 7. The third-order valence-corrected chi connectivity index (χ3v) is 6.26. The Morgan fingerprint density at radius 2 is 1.59 bits per heavy atom. The summed E-state index contributed by atoms with van der Waals surface area (Å²) in [5.41, 5.74) is 0.412. The molecule has 8 heteroatoms. The summed E-state index contributed by atoms with van der Waals surface area (Å²) >= 11 is 0. The van der Waals surface area contributed by atoms with Crippen LogP contribution in [0, 0.1) is 36.0 Å². The highest BCUT2D eigenvalue weighted by Gasteiger charge is 2.24. The molecular formula is C29H25F5O3. The molecule has 0 saturated heterocycles. The minimum Gasteiger partial charge on any atom is -0.490 e. The Morgan fingerprint density at radius 1 is 0.892 bits per heavy atom. The van der Waals surface area contributed by atoms with E-state index in [0.717, 1.165) is 6.07 Å². The molecule has 37 heavy (non-hydrogen) atoms. The summed E-state index contributed by atoms with van der Waals surface area (Å²) in [6.07, 6.45) is 2.81. The van der Waals surface area contributed by atoms with Crippen molar-refractivity contribution in [3.63, 3.8) is 0 Å². The Bertz CT molecular complexity index is 1370. The molecular weight excluding hydrogens is 491 g/mol. The van der Waals surface area contributed by atoms with Crippen LogP contribution in [-0.2, 0) is 4.74 Å². The van der Waals surface area contributed by atoms with Gasteiger partial charge in [-0.2, -0.15) is 4.39 Å². The van der Waals surface area contributed by atoms with Gasteiger partial charge in [0.25, 0.3) is 0 Å². The van der Waals surface area contributed by atoms with E-state index in [2.05, 4.69) is 0 Å². The second kappa shape index (κ2) is 11.2. The van der Waals surface area contributed by atoms with Crippen molar-refractivity contribution in [1.29, 1.82) is 0 Å². The molecule has 0 heterocycles. The van der Waals surface area contributed by atoms with Gasteiger partial charge in [-0.1, -0.05) is 31.2 Å². The zero-order chi connectivity index (χ0) is 26.7. The third kappa shape index (κ3) is 5.53. The van der Waals surface area contributed by atoms with Gasteiger partial charge in [0.1, 0.15) is 11.9 Å². The van der Waals surface area contributed by atoms with Crippen LogP contribution >= 0.6 is 0 Å². The summed E-state index contributed by atoms with van der Waals surface area (Å²) in [6.45, 7) is 3.51. The van der Waals surface area contributed by atoms with Crippen molar-refractivity contribution in [1.82, 2.24) is 0 Å². The van der Waals surface area contributed by atoms with Gasteiger partial charge in [-0.15, -0.1) is 0 Å². The van der Waals surface area contributed by atoms with E-state index in [0.29, 0.717) is 24.8 Å². The fourth-order valence-corrected chi connectivity index (χ4v) is 4.20. The van der Waals surface area contributed by atoms with Gasteiger partial charge in [-0.3, -0.25) is 0 Å². The molecule has 3 aromatic carbocycles. The van der Waals surface area contributed by atoms with Crippen LogP contribution < -0.4 is 4.74 Å². The van der Waals surface area contributed by atoms with Crippen molar-refractivity contribution in [3.05, 3.63) is 94.3 Å². The Hall–Kier alpha value is -3.68. The number of hydrogen-bond acceptors (Lipinski definition) is 3. The van der Waals surface area contributed by atoms with Crippen LogP contribution in [0.5, 0.6) is 5.75 Å². The number of carbonyl (C=O) groups excluding carboxylic acids is 1. The molecule has 0 aliphatic heterocycles. The SMILES string of the molecule is CCCOc1ccc(-c2ccc(C(=O)OC3CC=C(c4ccc(C)c(F)c4F)CC3)cc2F)c(F)c1F. The van der Waals surface area contributed by atoms with Gasteiger partial charge in [-0.05, 0) is 61.6 Å². The number of benzene rings is 3. The van der Waals surface area contributed by atoms with Crippen LogP contribution in [-0.4, -0.2) is 18.7 Å². The summed E-state index contributed by atoms with van der Waals surface area (Å²) < 4.78 is 82.5. The van der Waals surface area contributed by atoms with Crippen molar-refractivity contribution in [2.75, 3.05) is 6.61 Å². The highest BCUT2D eigenvalue weighted by atomic mass is 19.2. The van der Waals surface area contributed by atoms with Crippen LogP contribution in [0.3, 0.4) is 0 Å². The molecule has 0 saturated carbocycles. The molecule has 194 valence electrons. The summed E-state index contributed by atoms with van der Waals surface area (Å²) in [6, 6.07) is 8.84. The molecule has 3 nitrogen and oxygen atoms in total. The van der Waals surface area contributed by atoms with Crippen LogP contribution in [0.4, 0.5) is 22.0 Å². The number of carbonyl (C=O) groups is 1. The first-order chi connectivity index (χ1) is 17.7. The van der Waals surface area contributed by atoms with Gasteiger partial charge in [-0.25, -0.2) is 22.4 Å². The molecule has 3 aromatic rings. The molecule has 1 aliphatic carbocycles. The first-order valence-corrected chi connectivity index (χ1v) is 12.0. The fourth-order valence-electron chi connectivity index (χ4n) is 4.20. The minimum atomic E-state index is -1.25. The van der Waals surface area contributed by atoms with E-state index < -0.39 is 41.2 Å². The first-order valence-electron chi connectivity index (χ1n) is 12.0. The van der Waals surface area contributed by atoms with Crippen LogP contribution in [0.2, 0.25) is 0 Å². The molecule has 0 bridgehead atoms. The molecule has 0 radical (unpaired) electrons. The molecule has 1 unspecified atom stereocenters. The average Bonchev–Trinajstić information content (AvgIpc) is 2.89. The Morgan fingerprint density at radius 3 is 2.27 bits per heavy atom. The summed E-state index contributed by atoms with van der Waals surface area (Å²) in [7, 11) is 0. The predicted octanol–water partition coefficient (Wildman–Crippen LogP) is 7.94. The number of ether oxygens (including phenoxy) is 2. The third-order valence-electron chi connectivity index (χ3n) is 6.26. The molecule has 0 aromatic heterocycles. The van der Waals surface area contributed by atoms with E-state index in [1.165, 1.54) is 43.3 Å². The van der Waals surface area contributed by atoms with Gasteiger partial charge in [0, 0.05) is 23.1 Å². The summed E-state index contributed by atoms with van der Waals surface area (Å²) in [5.74, 6) is -6.22. The maximum Gasteiger partial charge on any atom is 0.338 e. The van der Waals surface area contributed by atoms with E-state index in [4.69, 9.17) is 9.47 Å². The molecule has 0 N–H and O–H groups in total. The first kappa shape index (κ1) is 26.4. The maximum absolute atomic E-state index is 14.8. The van der Waals surface area contributed by atoms with Crippen molar-refractivity contribution in [2.45, 2.75) is 45.6 Å². The number of esters is 1. The zero-order valence-electron chi connectivity index (χ0n) is 20.3. The quantitative estimate of drug-likeness (QED) is 0.236. The topological polar surface area (TPSA) is 35.5 Å². The monoisotopic (exact) mass is 516 g/mol. The van der Waals surface area contributed by atoms with Crippen LogP contribution in [0.1, 0.15) is 54.1 Å². The molecule has 4 rings (SSSR count). The number of allylic oxidation sites excluding steroid dienone is 1. The lowest BCUT2D eigenvalue weighted by Crippen LogP contribution is -2.20. The summed E-state index contributed by atoms with van der Waals surface area (Å²) in [4.78, 5) is 12.6. The predicted molar refractivity (Wildman–Crippen MR) is 130 cm³/mol. The second-order valence-corrected chi connectivity index (χ2v) is 8.87. The van der Waals surface area contributed by atoms with Gasteiger partial charge in [0.05, 0.1) is 12.2 Å². The Kier molecular flexibility index (Phi) is 7.95. The summed E-state index contributed by atoms with van der Waals surface area (Å²) in [5, 5.41) is 0. The molecule has 1 aliphatic rings. The number of hydrogen-bond donors (Lipinski definition) is 0. The van der Waals surface area contributed by atoms with Crippen LogP contribution in [0.25, 0.3) is 16.7 Å². The standard InChI is InChI=1S/C29H25F5O3/c1-3-14-36-24-13-12-22(27(33)28(24)34)21-11-7-18(15-23(21)30)29(35)37-19-8-5-17(6-9-19)20-10-4-16(2)25(31)26(20)32/h4-5,7,10-13,15,19H,3,6,8-9,14H2,1-2H3. The van der Waals surface area contributed by atoms with E-state index in [-0.39, 0.29) is 46.6 Å². The van der Waals surface area contributed by atoms with E-state index in [1.807, 2.05) is 6.92 Å². The fraction of sp³-hybridized carbons (Fsp3) is 0.276. The number of halogens is 5. The average molecular weight is 517 g/mol. The smallest absolute Gasteiger partial charge is 0.338 e. The van der Waals surface area contributed by atoms with Crippen molar-refractivity contribution < 1.29 is 36.2 Å². The van der Waals surface area contributed by atoms with Gasteiger partial charge in [0.15, 0.2) is 23.2 Å². The highest BCUT2D eigenvalue weighted by Crippen LogP contribution is 2.34. The largest absolute Gasteiger partial charge is 0.490 e. The number of aryl methyl sites for hydroxylation is 1. The molecule has 0 amide bonds. The molecule has 0 fully saturated rings. The lowest BCUT2D eigenvalue weighted by Gasteiger charge is -2.23. The normalized spacial score (nSPS) is 15.3. The molecule has 0 spiro atoms. The highest BCUT2D eigenvalue weighted by molar-refractivity contribution is 5.90. The van der Waals surface area contributed by atoms with Crippen LogP contribution in [0.15, 0.2) is 48.5 Å². The van der Waals surface area contributed by atoms with Gasteiger partial charge in [0.2, 0.25) is 5.82 Å². The lowest BCUT2D eigenvalue weighted by atomic mass is 9.91. The van der Waals surface area contributed by atoms with E-state index in [9.17, 15) is 26.7 Å². The van der Waals surface area contributed by atoms with Gasteiger partial charge < -0.3 is 9.47 Å². The van der Waals surface area contributed by atoms with Crippen molar-refractivity contribution in [3.8, 4) is 16.9 Å². The zero-order valence-corrected chi connectivity index (χ0v) is 20.3. The lowest BCUT2D eigenvalue weighted by molar-refractivity contribution is 0.0284. The van der Waals surface area contributed by atoms with E-state index >= 15 is 0 Å². The van der Waals surface area contributed by atoms with Crippen molar-refractivity contribution >= 4 is 11.5 Å². The Labute approximate surface area is 211 Å². The maximum atomic E-state index is 14.8. The second-order valence-electron chi connectivity index (χ2n) is 8.87. The molecule has 1 atom stereocenters.